The molecule has 30 heavy (non-hydrogen) atoms. The van der Waals surface area contributed by atoms with Crippen LogP contribution in [0.1, 0.15) is 61.8 Å². The lowest BCUT2D eigenvalue weighted by Gasteiger charge is -2.29. The van der Waals surface area contributed by atoms with Gasteiger partial charge < -0.3 is 9.64 Å². The van der Waals surface area contributed by atoms with Gasteiger partial charge in [0.1, 0.15) is 10.6 Å². The average Bonchev–Trinajstić information content (AvgIpc) is 2.78. The van der Waals surface area contributed by atoms with Gasteiger partial charge in [-0.1, -0.05) is 12.1 Å². The van der Waals surface area contributed by atoms with Crippen molar-refractivity contribution in [3.05, 3.63) is 53.1 Å². The number of ether oxygens (including phenoxy) is 1. The second-order valence-electron chi connectivity index (χ2n) is 8.46. The Morgan fingerprint density at radius 1 is 0.933 bits per heavy atom. The summed E-state index contributed by atoms with van der Waals surface area (Å²) in [6.45, 7) is 4.08. The van der Waals surface area contributed by atoms with Crippen LogP contribution in [-0.2, 0) is 22.9 Å². The Labute approximate surface area is 180 Å². The van der Waals surface area contributed by atoms with Gasteiger partial charge in [0.15, 0.2) is 0 Å². The molecule has 0 unspecified atom stereocenters. The number of sulfonamides is 1. The summed E-state index contributed by atoms with van der Waals surface area (Å²) in [5.41, 5.74) is 4.50. The zero-order valence-corrected chi connectivity index (χ0v) is 18.8. The molecule has 1 atom stereocenters. The zero-order valence-electron chi connectivity index (χ0n) is 18.0. The Hall–Kier alpha value is -2.05. The predicted molar refractivity (Wildman–Crippen MR) is 121 cm³/mol. The summed E-state index contributed by atoms with van der Waals surface area (Å²) < 4.78 is 34.7. The van der Waals surface area contributed by atoms with Crippen molar-refractivity contribution in [2.45, 2.75) is 62.8 Å². The Morgan fingerprint density at radius 3 is 2.20 bits per heavy atom. The molecule has 162 valence electrons. The minimum atomic E-state index is -3.70. The minimum absolute atomic E-state index is 0.238. The first kappa shape index (κ1) is 21.2. The highest BCUT2D eigenvalue weighted by molar-refractivity contribution is 7.89. The number of aryl methyl sites for hydroxylation is 2. The Balaban J connectivity index is 1.53. The van der Waals surface area contributed by atoms with Gasteiger partial charge >= 0.3 is 0 Å². The maximum absolute atomic E-state index is 13.2. The summed E-state index contributed by atoms with van der Waals surface area (Å²) in [6, 6.07) is 11.6. The Bertz CT molecular complexity index is 980. The van der Waals surface area contributed by atoms with E-state index in [1.54, 1.807) is 0 Å². The second-order valence-corrected chi connectivity index (χ2v) is 10.1. The molecular formula is C24H32N2O3S. The summed E-state index contributed by atoms with van der Waals surface area (Å²) in [4.78, 5) is 2.64. The van der Waals surface area contributed by atoms with Crippen LogP contribution in [0.4, 0.5) is 5.69 Å². The van der Waals surface area contributed by atoms with Gasteiger partial charge in [-0.25, -0.2) is 13.1 Å². The lowest BCUT2D eigenvalue weighted by molar-refractivity contribution is 0.400. The van der Waals surface area contributed by atoms with Crippen LogP contribution in [0.25, 0.3) is 0 Å². The van der Waals surface area contributed by atoms with E-state index in [1.165, 1.54) is 37.6 Å². The number of methoxy groups -OCH3 is 1. The molecule has 5 nitrogen and oxygen atoms in total. The molecular weight excluding hydrogens is 396 g/mol. The van der Waals surface area contributed by atoms with Crippen molar-refractivity contribution in [3.63, 3.8) is 0 Å². The SMILES string of the molecule is COc1cc2c(cc1S(=O)(=O)N[C@H](C)c1ccc(N3CCCCC3)cc1)CCCC2. The van der Waals surface area contributed by atoms with Gasteiger partial charge in [-0.15, -0.1) is 0 Å². The monoisotopic (exact) mass is 428 g/mol. The van der Waals surface area contributed by atoms with Crippen molar-refractivity contribution in [1.82, 2.24) is 4.72 Å². The molecule has 2 aliphatic rings. The predicted octanol–water partition coefficient (Wildman–Crippen LogP) is 4.60. The minimum Gasteiger partial charge on any atom is -0.495 e. The van der Waals surface area contributed by atoms with Gasteiger partial charge in [0.05, 0.1) is 7.11 Å². The van der Waals surface area contributed by atoms with E-state index in [9.17, 15) is 8.42 Å². The molecule has 4 rings (SSSR count). The van der Waals surface area contributed by atoms with E-state index in [0.29, 0.717) is 5.75 Å². The number of rotatable bonds is 6. The van der Waals surface area contributed by atoms with Crippen molar-refractivity contribution in [3.8, 4) is 5.75 Å². The average molecular weight is 429 g/mol. The standard InChI is InChI=1S/C24H32N2O3S/c1-18(19-10-12-22(13-11-19)26-14-6-3-7-15-26)25-30(27,28)24-17-21-9-5-4-8-20(21)16-23(24)29-2/h10-13,16-18,25H,3-9,14-15H2,1-2H3/t18-/m1/s1. The fourth-order valence-electron chi connectivity index (χ4n) is 4.60. The molecule has 1 aliphatic carbocycles. The van der Waals surface area contributed by atoms with Gasteiger partial charge in [0, 0.05) is 24.8 Å². The van der Waals surface area contributed by atoms with E-state index in [2.05, 4.69) is 21.8 Å². The molecule has 1 heterocycles. The largest absolute Gasteiger partial charge is 0.495 e. The number of hydrogen-bond acceptors (Lipinski definition) is 4. The van der Waals surface area contributed by atoms with Crippen LogP contribution in [0.15, 0.2) is 41.3 Å². The van der Waals surface area contributed by atoms with Crippen molar-refractivity contribution in [2.24, 2.45) is 0 Å². The Morgan fingerprint density at radius 2 is 1.57 bits per heavy atom. The fraction of sp³-hybridized carbons (Fsp3) is 0.500. The maximum Gasteiger partial charge on any atom is 0.244 e. The topological polar surface area (TPSA) is 58.6 Å². The summed E-state index contributed by atoms with van der Waals surface area (Å²) in [7, 11) is -2.17. The molecule has 0 amide bonds. The molecule has 1 fully saturated rings. The van der Waals surface area contributed by atoms with E-state index in [0.717, 1.165) is 49.9 Å². The highest BCUT2D eigenvalue weighted by Crippen LogP contribution is 2.33. The molecule has 1 saturated heterocycles. The third-order valence-electron chi connectivity index (χ3n) is 6.36. The lowest BCUT2D eigenvalue weighted by Crippen LogP contribution is -2.29. The number of hydrogen-bond donors (Lipinski definition) is 1. The van der Waals surface area contributed by atoms with E-state index in [1.807, 2.05) is 31.2 Å². The molecule has 0 spiro atoms. The first-order chi connectivity index (χ1) is 14.5. The number of benzene rings is 2. The highest BCUT2D eigenvalue weighted by Gasteiger charge is 2.25. The van der Waals surface area contributed by atoms with Gasteiger partial charge in [0.2, 0.25) is 10.0 Å². The number of nitrogens with one attached hydrogen (secondary N) is 1. The van der Waals surface area contributed by atoms with Crippen LogP contribution in [0.3, 0.4) is 0 Å². The van der Waals surface area contributed by atoms with Gasteiger partial charge in [-0.05, 0) is 92.8 Å². The van der Waals surface area contributed by atoms with Crippen LogP contribution in [0.5, 0.6) is 5.75 Å². The molecule has 0 aromatic heterocycles. The number of nitrogens with zero attached hydrogens (tertiary/aromatic N) is 1. The quantitative estimate of drug-likeness (QED) is 0.730. The molecule has 0 radical (unpaired) electrons. The summed E-state index contributed by atoms with van der Waals surface area (Å²) >= 11 is 0. The second kappa shape index (κ2) is 8.98. The first-order valence-electron chi connectivity index (χ1n) is 11.0. The molecule has 0 saturated carbocycles. The van der Waals surface area contributed by atoms with E-state index in [-0.39, 0.29) is 10.9 Å². The lowest BCUT2D eigenvalue weighted by atomic mass is 9.92. The fourth-order valence-corrected chi connectivity index (χ4v) is 6.03. The summed E-state index contributed by atoms with van der Waals surface area (Å²) in [6.07, 6.45) is 7.94. The van der Waals surface area contributed by atoms with Crippen molar-refractivity contribution >= 4 is 15.7 Å². The van der Waals surface area contributed by atoms with Gasteiger partial charge in [-0.3, -0.25) is 0 Å². The van der Waals surface area contributed by atoms with Crippen molar-refractivity contribution in [1.29, 1.82) is 0 Å². The van der Waals surface area contributed by atoms with Crippen molar-refractivity contribution < 1.29 is 13.2 Å². The maximum atomic E-state index is 13.2. The van der Waals surface area contributed by atoms with E-state index < -0.39 is 10.0 Å². The number of piperidine rings is 1. The Kier molecular flexibility index (Phi) is 6.34. The summed E-state index contributed by atoms with van der Waals surface area (Å²) in [5, 5.41) is 0. The third-order valence-corrected chi connectivity index (χ3v) is 7.93. The molecule has 2 aromatic rings. The van der Waals surface area contributed by atoms with Crippen LogP contribution in [-0.4, -0.2) is 28.6 Å². The molecule has 0 bridgehead atoms. The van der Waals surface area contributed by atoms with E-state index >= 15 is 0 Å². The van der Waals surface area contributed by atoms with Gasteiger partial charge in [-0.2, -0.15) is 0 Å². The number of fused-ring (bicyclic) bond motifs is 1. The number of anilines is 1. The smallest absolute Gasteiger partial charge is 0.244 e. The summed E-state index contributed by atoms with van der Waals surface area (Å²) in [5.74, 6) is 0.427. The highest BCUT2D eigenvalue weighted by atomic mass is 32.2. The van der Waals surface area contributed by atoms with Crippen LogP contribution in [0.2, 0.25) is 0 Å². The third kappa shape index (κ3) is 4.49. The molecule has 6 heteroatoms. The molecule has 1 N–H and O–H groups in total. The van der Waals surface area contributed by atoms with Crippen LogP contribution >= 0.6 is 0 Å². The zero-order chi connectivity index (χ0) is 21.1. The molecule has 1 aliphatic heterocycles. The van der Waals surface area contributed by atoms with Crippen LogP contribution < -0.4 is 14.4 Å². The normalized spacial score (nSPS) is 18.0. The van der Waals surface area contributed by atoms with Gasteiger partial charge in [0.25, 0.3) is 0 Å². The molecule has 2 aromatic carbocycles. The van der Waals surface area contributed by atoms with Crippen molar-refractivity contribution in [2.75, 3.05) is 25.1 Å². The first-order valence-corrected chi connectivity index (χ1v) is 12.5. The van der Waals surface area contributed by atoms with Crippen LogP contribution in [0, 0.1) is 0 Å². The van der Waals surface area contributed by atoms with E-state index in [4.69, 9.17) is 4.74 Å².